The van der Waals surface area contributed by atoms with Crippen molar-refractivity contribution in [2.24, 2.45) is 0 Å². The second-order valence-electron chi connectivity index (χ2n) is 10.0. The molecule has 0 aliphatic carbocycles. The molecule has 0 bridgehead atoms. The minimum atomic E-state index is 0.966. The normalized spacial score (nSPS) is 11.8. The highest BCUT2D eigenvalue weighted by atomic mass is 15.0. The summed E-state index contributed by atoms with van der Waals surface area (Å²) in [7, 11) is 0. The molecule has 6 aromatic rings. The van der Waals surface area contributed by atoms with Crippen molar-refractivity contribution in [2.45, 2.75) is 61.8 Å². The van der Waals surface area contributed by atoms with Crippen LogP contribution < -0.4 is 0 Å². The molecule has 0 fully saturated rings. The fraction of sp³-hybridized carbons (Fsp3) is 0.220. The summed E-state index contributed by atoms with van der Waals surface area (Å²) < 4.78 is 4.79. The van der Waals surface area contributed by atoms with E-state index in [0.29, 0.717) is 0 Å². The molecule has 0 saturated carbocycles. The average Bonchev–Trinajstić information content (AvgIpc) is 3.55. The van der Waals surface area contributed by atoms with Gasteiger partial charge in [0.25, 0.3) is 0 Å². The Balaban J connectivity index is 0.00000102. The van der Waals surface area contributed by atoms with Crippen LogP contribution in [0, 0.1) is 6.92 Å². The third kappa shape index (κ3) is 5.88. The number of para-hydroxylation sites is 2. The van der Waals surface area contributed by atoms with Gasteiger partial charge in [0.15, 0.2) is 0 Å². The Morgan fingerprint density at radius 3 is 1.91 bits per heavy atom. The summed E-state index contributed by atoms with van der Waals surface area (Å²) in [5.41, 5.74) is 11.2. The van der Waals surface area contributed by atoms with E-state index >= 15 is 0 Å². The van der Waals surface area contributed by atoms with Crippen LogP contribution in [0.4, 0.5) is 0 Å². The van der Waals surface area contributed by atoms with E-state index in [-0.39, 0.29) is 0 Å². The van der Waals surface area contributed by atoms with E-state index in [4.69, 9.17) is 0 Å². The van der Waals surface area contributed by atoms with Crippen LogP contribution in [0.2, 0.25) is 0 Å². The summed E-state index contributed by atoms with van der Waals surface area (Å²) in [6, 6.07) is 33.2. The predicted octanol–water partition coefficient (Wildman–Crippen LogP) is 12.6. The topological polar surface area (TPSA) is 9.86 Å². The standard InChI is InChI=1S/C37H34N2.2C2H6/c1-5-8-15-29(7-3)38-26(4)31(14-6-2)33-24-27(20-22-36(33)38)28-21-23-37-34(25-28)32-18-12-13-19-35(32)39(37)30-16-10-9-11-17-30;2*1-2/h5-6,8-25H,7H2,1-4H3;2*1-2H3/b8-5-,14-6-,29-15+;;. The van der Waals surface area contributed by atoms with Crippen molar-refractivity contribution in [1.29, 1.82) is 0 Å². The van der Waals surface area contributed by atoms with Crippen molar-refractivity contribution >= 4 is 44.5 Å². The summed E-state index contributed by atoms with van der Waals surface area (Å²) in [5.74, 6) is 0. The van der Waals surface area contributed by atoms with Crippen LogP contribution in [0.1, 0.15) is 66.1 Å². The maximum atomic E-state index is 2.42. The van der Waals surface area contributed by atoms with E-state index in [9.17, 15) is 0 Å². The third-order valence-corrected chi connectivity index (χ3v) is 7.74. The van der Waals surface area contributed by atoms with Crippen LogP contribution in [0.5, 0.6) is 0 Å². The Kier molecular flexibility index (Phi) is 10.6. The molecule has 0 N–H and O–H groups in total. The summed E-state index contributed by atoms with van der Waals surface area (Å²) in [6.45, 7) is 16.6. The van der Waals surface area contributed by atoms with Gasteiger partial charge in [-0.25, -0.2) is 0 Å². The SMILES string of the molecule is C/C=C\C=C(/CC)n1c(C)c(/C=C\C)c2cc(-c3ccc4c(c3)c3ccccc3n4-c3ccccc3)ccc21.CC.CC. The van der Waals surface area contributed by atoms with E-state index in [1.807, 2.05) is 27.7 Å². The first-order valence-corrected chi connectivity index (χ1v) is 15.8. The molecule has 2 nitrogen and oxygen atoms in total. The molecule has 43 heavy (non-hydrogen) atoms. The first-order chi connectivity index (χ1) is 21.2. The van der Waals surface area contributed by atoms with Crippen molar-refractivity contribution in [2.75, 3.05) is 0 Å². The maximum absolute atomic E-state index is 2.42. The Bertz CT molecular complexity index is 1910. The summed E-state index contributed by atoms with van der Waals surface area (Å²) in [5, 5.41) is 3.84. The van der Waals surface area contributed by atoms with Gasteiger partial charge >= 0.3 is 0 Å². The second kappa shape index (κ2) is 14.6. The van der Waals surface area contributed by atoms with Gasteiger partial charge in [0.2, 0.25) is 0 Å². The van der Waals surface area contributed by atoms with Crippen molar-refractivity contribution in [3.8, 4) is 16.8 Å². The Hall–Kier alpha value is -4.56. The minimum absolute atomic E-state index is 0.966. The second-order valence-corrected chi connectivity index (χ2v) is 10.0. The van der Waals surface area contributed by atoms with E-state index in [0.717, 1.165) is 6.42 Å². The smallest absolute Gasteiger partial charge is 0.0541 e. The highest BCUT2D eigenvalue weighted by Gasteiger charge is 2.17. The van der Waals surface area contributed by atoms with Crippen molar-refractivity contribution in [1.82, 2.24) is 9.13 Å². The van der Waals surface area contributed by atoms with Gasteiger partial charge in [-0.2, -0.15) is 0 Å². The average molecular weight is 567 g/mol. The number of allylic oxidation sites excluding steroid dienone is 5. The lowest BCUT2D eigenvalue weighted by Gasteiger charge is -2.12. The van der Waals surface area contributed by atoms with Crippen molar-refractivity contribution < 1.29 is 0 Å². The van der Waals surface area contributed by atoms with Gasteiger partial charge in [-0.05, 0) is 86.9 Å². The highest BCUT2D eigenvalue weighted by Crippen LogP contribution is 2.37. The van der Waals surface area contributed by atoms with Crippen molar-refractivity contribution in [3.05, 3.63) is 127 Å². The van der Waals surface area contributed by atoms with Gasteiger partial charge < -0.3 is 9.13 Å². The van der Waals surface area contributed by atoms with E-state index in [1.165, 1.54) is 66.5 Å². The van der Waals surface area contributed by atoms with Crippen molar-refractivity contribution in [3.63, 3.8) is 0 Å². The van der Waals surface area contributed by atoms with Gasteiger partial charge in [0, 0.05) is 38.8 Å². The minimum Gasteiger partial charge on any atom is -0.317 e. The quantitative estimate of drug-likeness (QED) is 0.177. The molecule has 0 unspecified atom stereocenters. The van der Waals surface area contributed by atoms with Gasteiger partial charge in [0.1, 0.15) is 0 Å². The zero-order valence-corrected chi connectivity index (χ0v) is 27.1. The Morgan fingerprint density at radius 2 is 1.26 bits per heavy atom. The summed E-state index contributed by atoms with van der Waals surface area (Å²) in [6.07, 6.45) is 11.8. The van der Waals surface area contributed by atoms with Crippen LogP contribution in [0.15, 0.2) is 115 Å². The Labute approximate surface area is 258 Å². The van der Waals surface area contributed by atoms with Crippen LogP contribution >= 0.6 is 0 Å². The van der Waals surface area contributed by atoms with Crippen LogP contribution in [-0.4, -0.2) is 9.13 Å². The number of nitrogens with zero attached hydrogens (tertiary/aromatic N) is 2. The number of fused-ring (bicyclic) bond motifs is 4. The molecule has 2 aromatic heterocycles. The molecule has 0 amide bonds. The molecule has 0 atom stereocenters. The number of hydrogen-bond acceptors (Lipinski definition) is 0. The molecule has 0 radical (unpaired) electrons. The molecule has 220 valence electrons. The molecular weight excluding hydrogens is 520 g/mol. The molecule has 6 rings (SSSR count). The van der Waals surface area contributed by atoms with Gasteiger partial charge in [-0.1, -0.05) is 107 Å². The predicted molar refractivity (Wildman–Crippen MR) is 193 cm³/mol. The lowest BCUT2D eigenvalue weighted by Crippen LogP contribution is -1.98. The summed E-state index contributed by atoms with van der Waals surface area (Å²) >= 11 is 0. The molecule has 2 heteroatoms. The lowest BCUT2D eigenvalue weighted by molar-refractivity contribution is 1.00. The summed E-state index contributed by atoms with van der Waals surface area (Å²) in [4.78, 5) is 0. The van der Waals surface area contributed by atoms with Gasteiger partial charge in [0.05, 0.1) is 16.6 Å². The first-order valence-electron chi connectivity index (χ1n) is 15.8. The number of aromatic nitrogens is 2. The monoisotopic (exact) mass is 566 g/mol. The molecule has 0 saturated heterocycles. The van der Waals surface area contributed by atoms with Crippen LogP contribution in [0.25, 0.3) is 61.3 Å². The van der Waals surface area contributed by atoms with Gasteiger partial charge in [-0.3, -0.25) is 0 Å². The zero-order valence-electron chi connectivity index (χ0n) is 27.1. The lowest BCUT2D eigenvalue weighted by atomic mass is 10.00. The van der Waals surface area contributed by atoms with Crippen LogP contribution in [0.3, 0.4) is 0 Å². The van der Waals surface area contributed by atoms with E-state index in [2.05, 4.69) is 158 Å². The molecule has 2 heterocycles. The molecular formula is C41H46N2. The number of hydrogen-bond donors (Lipinski definition) is 0. The first kappa shape index (κ1) is 31.4. The molecule has 4 aromatic carbocycles. The molecule has 0 aliphatic heterocycles. The van der Waals surface area contributed by atoms with Gasteiger partial charge in [-0.15, -0.1) is 0 Å². The number of benzene rings is 4. The largest absolute Gasteiger partial charge is 0.317 e. The Morgan fingerprint density at radius 1 is 0.651 bits per heavy atom. The molecule has 0 aliphatic rings. The molecule has 0 spiro atoms. The number of rotatable bonds is 6. The maximum Gasteiger partial charge on any atom is 0.0541 e. The van der Waals surface area contributed by atoms with Crippen LogP contribution in [-0.2, 0) is 0 Å². The zero-order chi connectivity index (χ0) is 30.9. The third-order valence-electron chi connectivity index (χ3n) is 7.74. The van der Waals surface area contributed by atoms with E-state index in [1.54, 1.807) is 0 Å². The fourth-order valence-corrected chi connectivity index (χ4v) is 5.94. The van der Waals surface area contributed by atoms with E-state index < -0.39 is 0 Å². The highest BCUT2D eigenvalue weighted by molar-refractivity contribution is 6.10. The fourth-order valence-electron chi connectivity index (χ4n) is 5.94.